The summed E-state index contributed by atoms with van der Waals surface area (Å²) in [6, 6.07) is 1.68. The monoisotopic (exact) mass is 421 g/mol. The highest BCUT2D eigenvalue weighted by Crippen LogP contribution is 2.33. The number of rotatable bonds is 3. The molecule has 0 radical (unpaired) electrons. The summed E-state index contributed by atoms with van der Waals surface area (Å²) in [6.45, 7) is 4.77. The van der Waals surface area contributed by atoms with Crippen LogP contribution in [0.2, 0.25) is 0 Å². The number of aliphatic hydroxyl groups excluding tert-OH is 1. The lowest BCUT2D eigenvalue weighted by atomic mass is 9.83. The summed E-state index contributed by atoms with van der Waals surface area (Å²) in [6.07, 6.45) is 0.216. The Kier molecular flexibility index (Phi) is 5.10. The zero-order valence-electron chi connectivity index (χ0n) is 16.5. The molecule has 0 aromatic carbocycles. The standard InChI is InChI=1S/C19H22F3N7O/c1-10-5-12(17(23)30)11(2)28(8-10)15-3-4-24-18(27-15)13-6-26-16-7-25-14(9-29(13)16)19(20,21)22/h3-4,6-7,9-12,17,30H,5,8,23H2,1-2H3. The normalized spacial score (nSPS) is 23.7. The number of hydrogen-bond donors (Lipinski definition) is 2. The second-order valence-electron chi connectivity index (χ2n) is 7.77. The van der Waals surface area contributed by atoms with E-state index < -0.39 is 18.1 Å². The lowest BCUT2D eigenvalue weighted by Crippen LogP contribution is -2.52. The lowest BCUT2D eigenvalue weighted by Gasteiger charge is -2.44. The smallest absolute Gasteiger partial charge is 0.378 e. The Morgan fingerprint density at radius 1 is 1.20 bits per heavy atom. The fourth-order valence-electron chi connectivity index (χ4n) is 4.03. The SMILES string of the molecule is CC1CC(C(N)O)C(C)N(c2ccnc(-c3cnc4cnc(C(F)(F)F)cn34)n2)C1. The second kappa shape index (κ2) is 7.47. The summed E-state index contributed by atoms with van der Waals surface area (Å²) in [5.41, 5.74) is 5.33. The van der Waals surface area contributed by atoms with Crippen LogP contribution in [-0.4, -0.2) is 48.3 Å². The van der Waals surface area contributed by atoms with Gasteiger partial charge in [0.1, 0.15) is 17.7 Å². The first kappa shape index (κ1) is 20.5. The predicted octanol–water partition coefficient (Wildman–Crippen LogP) is 2.33. The quantitative estimate of drug-likeness (QED) is 0.626. The molecule has 8 nitrogen and oxygen atoms in total. The van der Waals surface area contributed by atoms with Crippen molar-refractivity contribution in [3.05, 3.63) is 36.5 Å². The first-order valence-corrected chi connectivity index (χ1v) is 9.59. The Labute approximate surface area is 170 Å². The molecule has 4 atom stereocenters. The first-order chi connectivity index (χ1) is 14.1. The summed E-state index contributed by atoms with van der Waals surface area (Å²) >= 11 is 0. The molecule has 3 aromatic heterocycles. The maximum Gasteiger partial charge on any atom is 0.434 e. The zero-order chi connectivity index (χ0) is 21.6. The molecule has 3 aromatic rings. The van der Waals surface area contributed by atoms with Crippen LogP contribution in [0.25, 0.3) is 17.2 Å². The Hall–Kier alpha value is -2.79. The number of piperidine rings is 1. The molecule has 1 fully saturated rings. The third-order valence-corrected chi connectivity index (χ3v) is 5.58. The molecule has 0 amide bonds. The van der Waals surface area contributed by atoms with E-state index in [-0.39, 0.29) is 23.4 Å². The second-order valence-corrected chi connectivity index (χ2v) is 7.77. The van der Waals surface area contributed by atoms with Crippen molar-refractivity contribution in [1.82, 2.24) is 24.3 Å². The predicted molar refractivity (Wildman–Crippen MR) is 103 cm³/mol. The van der Waals surface area contributed by atoms with Crippen LogP contribution < -0.4 is 10.6 Å². The summed E-state index contributed by atoms with van der Waals surface area (Å²) in [5, 5.41) is 9.95. The highest BCUT2D eigenvalue weighted by atomic mass is 19.4. The van der Waals surface area contributed by atoms with Crippen molar-refractivity contribution in [1.29, 1.82) is 0 Å². The largest absolute Gasteiger partial charge is 0.434 e. The molecule has 1 aliphatic rings. The number of imidazole rings is 1. The molecule has 30 heavy (non-hydrogen) atoms. The van der Waals surface area contributed by atoms with Gasteiger partial charge < -0.3 is 15.7 Å². The molecule has 0 aliphatic carbocycles. The van der Waals surface area contributed by atoms with Gasteiger partial charge in [-0.05, 0) is 25.3 Å². The molecule has 0 bridgehead atoms. The number of fused-ring (bicyclic) bond motifs is 1. The molecule has 4 rings (SSSR count). The molecule has 1 aliphatic heterocycles. The molecule has 11 heteroatoms. The Balaban J connectivity index is 1.74. The van der Waals surface area contributed by atoms with E-state index in [2.05, 4.69) is 26.9 Å². The number of alkyl halides is 3. The molecule has 3 N–H and O–H groups in total. The highest BCUT2D eigenvalue weighted by Gasteiger charge is 2.36. The van der Waals surface area contributed by atoms with Gasteiger partial charge in [-0.2, -0.15) is 13.2 Å². The van der Waals surface area contributed by atoms with Crippen LogP contribution in [0.5, 0.6) is 0 Å². The molecular weight excluding hydrogens is 399 g/mol. The maximum atomic E-state index is 13.1. The number of hydrogen-bond acceptors (Lipinski definition) is 7. The van der Waals surface area contributed by atoms with Crippen molar-refractivity contribution in [2.45, 2.75) is 38.7 Å². The molecule has 0 saturated carbocycles. The minimum atomic E-state index is -4.57. The van der Waals surface area contributed by atoms with Gasteiger partial charge in [-0.1, -0.05) is 6.92 Å². The Bertz CT molecular complexity index is 1050. The van der Waals surface area contributed by atoms with Crippen LogP contribution in [0.4, 0.5) is 19.0 Å². The van der Waals surface area contributed by atoms with Crippen LogP contribution in [0, 0.1) is 11.8 Å². The van der Waals surface area contributed by atoms with E-state index in [9.17, 15) is 18.3 Å². The first-order valence-electron chi connectivity index (χ1n) is 9.59. The third-order valence-electron chi connectivity index (χ3n) is 5.58. The fourth-order valence-corrected chi connectivity index (χ4v) is 4.03. The van der Waals surface area contributed by atoms with Crippen molar-refractivity contribution in [2.75, 3.05) is 11.4 Å². The summed E-state index contributed by atoms with van der Waals surface area (Å²) < 4.78 is 40.5. The van der Waals surface area contributed by atoms with Crippen LogP contribution in [-0.2, 0) is 6.18 Å². The summed E-state index contributed by atoms with van der Waals surface area (Å²) in [5.74, 6) is 1.03. The van der Waals surface area contributed by atoms with E-state index in [1.165, 1.54) is 10.6 Å². The molecule has 4 unspecified atom stereocenters. The molecule has 1 saturated heterocycles. The number of nitrogens with zero attached hydrogens (tertiary/aromatic N) is 6. The maximum absolute atomic E-state index is 13.1. The number of nitrogens with two attached hydrogens (primary N) is 1. The van der Waals surface area contributed by atoms with Crippen LogP contribution in [0.3, 0.4) is 0 Å². The van der Waals surface area contributed by atoms with Crippen molar-refractivity contribution in [2.24, 2.45) is 17.6 Å². The van der Waals surface area contributed by atoms with Gasteiger partial charge in [-0.15, -0.1) is 0 Å². The number of aliphatic hydroxyl groups is 1. The van der Waals surface area contributed by atoms with E-state index in [1.807, 2.05) is 11.8 Å². The minimum Gasteiger partial charge on any atom is -0.378 e. The van der Waals surface area contributed by atoms with E-state index in [0.29, 0.717) is 17.4 Å². The average Bonchev–Trinajstić information content (AvgIpc) is 3.12. The molecule has 160 valence electrons. The van der Waals surface area contributed by atoms with Gasteiger partial charge in [0.2, 0.25) is 0 Å². The fraction of sp³-hybridized carbons (Fsp3) is 0.474. The van der Waals surface area contributed by atoms with Crippen LogP contribution in [0.15, 0.2) is 30.9 Å². The van der Waals surface area contributed by atoms with Gasteiger partial charge in [0.05, 0.1) is 12.4 Å². The van der Waals surface area contributed by atoms with E-state index in [4.69, 9.17) is 5.73 Å². The van der Waals surface area contributed by atoms with Gasteiger partial charge in [-0.3, -0.25) is 4.40 Å². The zero-order valence-corrected chi connectivity index (χ0v) is 16.5. The van der Waals surface area contributed by atoms with Gasteiger partial charge in [0.15, 0.2) is 17.2 Å². The lowest BCUT2D eigenvalue weighted by molar-refractivity contribution is -0.141. The number of halogens is 3. The van der Waals surface area contributed by atoms with Gasteiger partial charge in [0.25, 0.3) is 0 Å². The minimum absolute atomic E-state index is 0.0628. The van der Waals surface area contributed by atoms with E-state index >= 15 is 0 Å². The topological polar surface area (TPSA) is 105 Å². The highest BCUT2D eigenvalue weighted by molar-refractivity contribution is 5.58. The van der Waals surface area contributed by atoms with Crippen LogP contribution >= 0.6 is 0 Å². The van der Waals surface area contributed by atoms with Crippen molar-refractivity contribution in [3.63, 3.8) is 0 Å². The van der Waals surface area contributed by atoms with Crippen molar-refractivity contribution >= 4 is 11.5 Å². The third kappa shape index (κ3) is 3.70. The van der Waals surface area contributed by atoms with Gasteiger partial charge >= 0.3 is 6.18 Å². The van der Waals surface area contributed by atoms with E-state index in [0.717, 1.165) is 25.4 Å². The molecular formula is C19H22F3N7O. The summed E-state index contributed by atoms with van der Waals surface area (Å²) in [4.78, 5) is 18.4. The Morgan fingerprint density at radius 2 is 1.97 bits per heavy atom. The van der Waals surface area contributed by atoms with Crippen molar-refractivity contribution in [3.8, 4) is 11.5 Å². The molecule has 0 spiro atoms. The number of aromatic nitrogens is 5. The number of anilines is 1. The van der Waals surface area contributed by atoms with E-state index in [1.54, 1.807) is 12.3 Å². The van der Waals surface area contributed by atoms with Gasteiger partial charge in [0, 0.05) is 30.9 Å². The van der Waals surface area contributed by atoms with Gasteiger partial charge in [-0.25, -0.2) is 19.9 Å². The molecule has 4 heterocycles. The summed E-state index contributed by atoms with van der Waals surface area (Å²) in [7, 11) is 0. The van der Waals surface area contributed by atoms with Crippen molar-refractivity contribution < 1.29 is 18.3 Å². The van der Waals surface area contributed by atoms with Crippen LogP contribution in [0.1, 0.15) is 26.0 Å². The average molecular weight is 421 g/mol. The Morgan fingerprint density at radius 3 is 2.67 bits per heavy atom.